The number of benzene rings is 1. The number of carbonyl (C=O) groups is 1. The lowest BCUT2D eigenvalue weighted by Gasteiger charge is -2.20. The van der Waals surface area contributed by atoms with Crippen LogP contribution in [0.1, 0.15) is 33.3 Å². The maximum Gasteiger partial charge on any atom is 0.407 e. The lowest BCUT2D eigenvalue weighted by molar-refractivity contribution is 0.0528. The van der Waals surface area contributed by atoms with Gasteiger partial charge in [0.15, 0.2) is 11.5 Å². The molecule has 1 N–H and O–H groups in total. The van der Waals surface area contributed by atoms with E-state index in [1.54, 1.807) is 20.3 Å². The van der Waals surface area contributed by atoms with Gasteiger partial charge in [0.1, 0.15) is 11.7 Å². The molecule has 0 radical (unpaired) electrons. The van der Waals surface area contributed by atoms with Crippen molar-refractivity contribution < 1.29 is 23.7 Å². The van der Waals surface area contributed by atoms with E-state index in [1.165, 1.54) is 0 Å². The van der Waals surface area contributed by atoms with Crippen LogP contribution >= 0.6 is 0 Å². The third-order valence-electron chi connectivity index (χ3n) is 3.24. The van der Waals surface area contributed by atoms with Crippen LogP contribution in [0.3, 0.4) is 0 Å². The minimum absolute atomic E-state index is 0.178. The molecule has 1 aromatic rings. The second kappa shape index (κ2) is 9.20. The first-order valence-electron chi connectivity index (χ1n) is 8.21. The van der Waals surface area contributed by atoms with Gasteiger partial charge in [-0.15, -0.1) is 0 Å². The number of ether oxygens (including phenoxy) is 4. The summed E-state index contributed by atoms with van der Waals surface area (Å²) in [7, 11) is 3.14. The van der Waals surface area contributed by atoms with Crippen LogP contribution in [-0.2, 0) is 11.2 Å². The molecular weight excluding hydrogens is 322 g/mol. The highest BCUT2D eigenvalue weighted by Crippen LogP contribution is 2.39. The number of hydrogen-bond donors (Lipinski definition) is 1. The summed E-state index contributed by atoms with van der Waals surface area (Å²) >= 11 is 0. The standard InChI is InChI=1S/C19H29NO5/c1-8-13(2)24-17-15(22-6)11-14(12-16(17)23-7)9-10-20-18(21)25-19(3,4)5/h8,11-13H,1,9-10H2,2-7H3,(H,20,21). The normalized spacial score (nSPS) is 12.1. The summed E-state index contributed by atoms with van der Waals surface area (Å²) in [4.78, 5) is 11.7. The van der Waals surface area contributed by atoms with Crippen LogP contribution < -0.4 is 19.5 Å². The van der Waals surface area contributed by atoms with Crippen molar-refractivity contribution in [2.75, 3.05) is 20.8 Å². The van der Waals surface area contributed by atoms with Gasteiger partial charge in [0.25, 0.3) is 0 Å². The summed E-state index contributed by atoms with van der Waals surface area (Å²) in [5.74, 6) is 1.67. The second-order valence-electron chi connectivity index (χ2n) is 6.57. The zero-order valence-corrected chi connectivity index (χ0v) is 16.0. The Hall–Kier alpha value is -2.37. The molecule has 0 spiro atoms. The first-order chi connectivity index (χ1) is 11.7. The minimum atomic E-state index is -0.517. The molecule has 0 fully saturated rings. The maximum absolute atomic E-state index is 11.7. The van der Waals surface area contributed by atoms with E-state index in [0.717, 1.165) is 5.56 Å². The van der Waals surface area contributed by atoms with Crippen LogP contribution in [0.5, 0.6) is 17.2 Å². The van der Waals surface area contributed by atoms with Crippen molar-refractivity contribution in [2.24, 2.45) is 0 Å². The molecule has 1 aromatic carbocycles. The van der Waals surface area contributed by atoms with E-state index in [-0.39, 0.29) is 6.10 Å². The molecule has 0 aromatic heterocycles. The van der Waals surface area contributed by atoms with Gasteiger partial charge in [0.05, 0.1) is 14.2 Å². The van der Waals surface area contributed by atoms with E-state index < -0.39 is 11.7 Å². The summed E-state index contributed by atoms with van der Waals surface area (Å²) in [5.41, 5.74) is 0.431. The number of nitrogens with one attached hydrogen (secondary N) is 1. The van der Waals surface area contributed by atoms with Gasteiger partial charge in [-0.05, 0) is 51.8 Å². The monoisotopic (exact) mass is 351 g/mol. The number of alkyl carbamates (subject to hydrolysis) is 1. The minimum Gasteiger partial charge on any atom is -0.493 e. The lowest BCUT2D eigenvalue weighted by Crippen LogP contribution is -2.33. The van der Waals surface area contributed by atoms with Gasteiger partial charge in [-0.2, -0.15) is 0 Å². The second-order valence-corrected chi connectivity index (χ2v) is 6.57. The number of hydrogen-bond acceptors (Lipinski definition) is 5. The largest absolute Gasteiger partial charge is 0.493 e. The molecule has 0 bridgehead atoms. The van der Waals surface area contributed by atoms with Gasteiger partial charge >= 0.3 is 6.09 Å². The average molecular weight is 351 g/mol. The first-order valence-corrected chi connectivity index (χ1v) is 8.21. The van der Waals surface area contributed by atoms with Gasteiger partial charge in [-0.3, -0.25) is 0 Å². The highest BCUT2D eigenvalue weighted by Gasteiger charge is 2.17. The molecule has 140 valence electrons. The fourth-order valence-electron chi connectivity index (χ4n) is 2.05. The molecule has 1 amide bonds. The highest BCUT2D eigenvalue weighted by molar-refractivity contribution is 5.67. The van der Waals surface area contributed by atoms with Crippen LogP contribution in [0.4, 0.5) is 4.79 Å². The molecule has 0 aliphatic heterocycles. The molecule has 0 heterocycles. The van der Waals surface area contributed by atoms with E-state index in [4.69, 9.17) is 18.9 Å². The van der Waals surface area contributed by atoms with Crippen molar-refractivity contribution in [1.29, 1.82) is 0 Å². The molecule has 1 atom stereocenters. The first kappa shape index (κ1) is 20.7. The van der Waals surface area contributed by atoms with Crippen LogP contribution in [-0.4, -0.2) is 38.6 Å². The Kier molecular flexibility index (Phi) is 7.61. The SMILES string of the molecule is C=CC(C)Oc1c(OC)cc(CCNC(=O)OC(C)(C)C)cc1OC. The summed E-state index contributed by atoms with van der Waals surface area (Å²) < 4.78 is 21.8. The van der Waals surface area contributed by atoms with Gasteiger partial charge in [0, 0.05) is 6.54 Å². The smallest absolute Gasteiger partial charge is 0.407 e. The number of rotatable bonds is 8. The summed E-state index contributed by atoms with van der Waals surface area (Å²) in [6.07, 6.45) is 1.68. The number of methoxy groups -OCH3 is 2. The van der Waals surface area contributed by atoms with Crippen molar-refractivity contribution in [3.63, 3.8) is 0 Å². The fourth-order valence-corrected chi connectivity index (χ4v) is 2.05. The summed E-state index contributed by atoms with van der Waals surface area (Å²) in [6.45, 7) is 11.5. The zero-order chi connectivity index (χ0) is 19.0. The van der Waals surface area contributed by atoms with E-state index in [2.05, 4.69) is 11.9 Å². The molecule has 0 saturated carbocycles. The van der Waals surface area contributed by atoms with Crippen LogP contribution in [0.15, 0.2) is 24.8 Å². The van der Waals surface area contributed by atoms with Crippen LogP contribution in [0.2, 0.25) is 0 Å². The average Bonchev–Trinajstić information content (AvgIpc) is 2.53. The van der Waals surface area contributed by atoms with Gasteiger partial charge in [-0.1, -0.05) is 12.7 Å². The van der Waals surface area contributed by atoms with E-state index >= 15 is 0 Å². The quantitative estimate of drug-likeness (QED) is 0.723. The molecule has 0 aliphatic carbocycles. The molecule has 0 aliphatic rings. The molecule has 0 saturated heterocycles. The third-order valence-corrected chi connectivity index (χ3v) is 3.24. The van der Waals surface area contributed by atoms with Crippen molar-refractivity contribution in [3.8, 4) is 17.2 Å². The van der Waals surface area contributed by atoms with E-state index in [9.17, 15) is 4.79 Å². The van der Waals surface area contributed by atoms with Crippen molar-refractivity contribution in [2.45, 2.75) is 45.8 Å². The Morgan fingerprint density at radius 2 is 1.80 bits per heavy atom. The fraction of sp³-hybridized carbons (Fsp3) is 0.526. The predicted octanol–water partition coefficient (Wildman–Crippen LogP) is 3.72. The van der Waals surface area contributed by atoms with Crippen LogP contribution in [0.25, 0.3) is 0 Å². The van der Waals surface area contributed by atoms with Gasteiger partial charge < -0.3 is 24.3 Å². The van der Waals surface area contributed by atoms with E-state index in [0.29, 0.717) is 30.2 Å². The maximum atomic E-state index is 11.7. The summed E-state index contributed by atoms with van der Waals surface area (Å²) in [6, 6.07) is 3.73. The topological polar surface area (TPSA) is 66.0 Å². The molecule has 25 heavy (non-hydrogen) atoms. The molecule has 6 nitrogen and oxygen atoms in total. The van der Waals surface area contributed by atoms with Crippen LogP contribution in [0, 0.1) is 0 Å². The highest BCUT2D eigenvalue weighted by atomic mass is 16.6. The van der Waals surface area contributed by atoms with Crippen molar-refractivity contribution in [1.82, 2.24) is 5.32 Å². The molecular formula is C19H29NO5. The Bertz CT molecular complexity index is 567. The Labute approximate surface area is 150 Å². The molecule has 1 rings (SSSR count). The third kappa shape index (κ3) is 6.95. The van der Waals surface area contributed by atoms with Crippen molar-refractivity contribution >= 4 is 6.09 Å². The Balaban J connectivity index is 2.81. The number of amides is 1. The predicted molar refractivity (Wildman–Crippen MR) is 97.8 cm³/mol. The molecule has 6 heteroatoms. The van der Waals surface area contributed by atoms with Crippen molar-refractivity contribution in [3.05, 3.63) is 30.4 Å². The lowest BCUT2D eigenvalue weighted by atomic mass is 10.1. The molecule has 1 unspecified atom stereocenters. The Morgan fingerprint density at radius 1 is 1.24 bits per heavy atom. The Morgan fingerprint density at radius 3 is 2.24 bits per heavy atom. The van der Waals surface area contributed by atoms with E-state index in [1.807, 2.05) is 39.8 Å². The van der Waals surface area contributed by atoms with Gasteiger partial charge in [-0.25, -0.2) is 4.79 Å². The van der Waals surface area contributed by atoms with Gasteiger partial charge in [0.2, 0.25) is 5.75 Å². The number of carbonyl (C=O) groups excluding carboxylic acids is 1. The zero-order valence-electron chi connectivity index (χ0n) is 16.0. The summed E-state index contributed by atoms with van der Waals surface area (Å²) in [5, 5.41) is 2.73.